The number of nitrogens with zero attached hydrogens (tertiary/aromatic N) is 1. The molecule has 0 spiro atoms. The highest BCUT2D eigenvalue weighted by atomic mass is 16.1. The lowest BCUT2D eigenvalue weighted by Crippen LogP contribution is -2.50. The van der Waals surface area contributed by atoms with Crippen molar-refractivity contribution in [3.05, 3.63) is 0 Å². The maximum absolute atomic E-state index is 11.7. The molecule has 15 heavy (non-hydrogen) atoms. The van der Waals surface area contributed by atoms with E-state index < -0.39 is 0 Å². The molecule has 1 rings (SSSR count). The molecule has 3 N–H and O–H groups in total. The fourth-order valence-electron chi connectivity index (χ4n) is 1.93. The third-order valence-corrected chi connectivity index (χ3v) is 3.08. The van der Waals surface area contributed by atoms with Gasteiger partial charge in [0.05, 0.1) is 0 Å². The van der Waals surface area contributed by atoms with E-state index in [9.17, 15) is 4.79 Å². The van der Waals surface area contributed by atoms with Gasteiger partial charge in [-0.15, -0.1) is 0 Å². The van der Waals surface area contributed by atoms with Crippen molar-refractivity contribution < 1.29 is 4.79 Å². The molecular weight excluding hydrogens is 190 g/mol. The quantitative estimate of drug-likeness (QED) is 0.707. The van der Waals surface area contributed by atoms with E-state index in [1.54, 1.807) is 0 Å². The molecule has 1 saturated heterocycles. The van der Waals surface area contributed by atoms with Crippen LogP contribution in [0.2, 0.25) is 0 Å². The van der Waals surface area contributed by atoms with Crippen LogP contribution in [0.5, 0.6) is 0 Å². The Bertz CT molecular complexity index is 228. The first kappa shape index (κ1) is 12.5. The lowest BCUT2D eigenvalue weighted by molar-refractivity contribution is -0.123. The van der Waals surface area contributed by atoms with Crippen molar-refractivity contribution in [2.75, 3.05) is 20.1 Å². The monoisotopic (exact) mass is 213 g/mol. The number of likely N-dealkylation sites (tertiary alicyclic amines) is 1. The Labute approximate surface area is 92.2 Å². The first-order valence-corrected chi connectivity index (χ1v) is 5.66. The minimum Gasteiger partial charge on any atom is -0.350 e. The fraction of sp³-hybridized carbons (Fsp3) is 0.909. The van der Waals surface area contributed by atoms with Crippen LogP contribution in [0.1, 0.15) is 33.1 Å². The summed E-state index contributed by atoms with van der Waals surface area (Å²) < 4.78 is 0. The molecule has 1 atom stereocenters. The number of nitrogens with one attached hydrogen (secondary N) is 1. The molecule has 0 aliphatic carbocycles. The maximum atomic E-state index is 11.7. The summed E-state index contributed by atoms with van der Waals surface area (Å²) in [5, 5.41) is 2.96. The molecule has 0 aromatic rings. The third-order valence-electron chi connectivity index (χ3n) is 3.08. The highest BCUT2D eigenvalue weighted by Crippen LogP contribution is 2.17. The largest absolute Gasteiger partial charge is 0.350 e. The summed E-state index contributed by atoms with van der Waals surface area (Å²) in [4.78, 5) is 14.0. The van der Waals surface area contributed by atoms with Gasteiger partial charge >= 0.3 is 0 Å². The molecule has 0 saturated carbocycles. The molecular formula is C11H23N3O. The van der Waals surface area contributed by atoms with Crippen molar-refractivity contribution in [1.29, 1.82) is 0 Å². The summed E-state index contributed by atoms with van der Waals surface area (Å²) in [6, 6.07) is 0.415. The molecule has 1 aliphatic heterocycles. The summed E-state index contributed by atoms with van der Waals surface area (Å²) in [5.41, 5.74) is 5.28. The minimum atomic E-state index is -0.283. The summed E-state index contributed by atoms with van der Waals surface area (Å²) >= 11 is 0. The number of rotatable bonds is 4. The molecule has 4 nitrogen and oxygen atoms in total. The Kier molecular flexibility index (Phi) is 4.11. The molecule has 4 heteroatoms. The molecule has 88 valence electrons. The second-order valence-corrected chi connectivity index (χ2v) is 5.12. The number of hydrogen-bond acceptors (Lipinski definition) is 3. The van der Waals surface area contributed by atoms with Gasteiger partial charge in [-0.1, -0.05) is 0 Å². The number of carbonyl (C=O) groups excluding carboxylic acids is 1. The van der Waals surface area contributed by atoms with Crippen LogP contribution in [0.15, 0.2) is 0 Å². The summed E-state index contributed by atoms with van der Waals surface area (Å²) in [6.07, 6.45) is 2.93. The molecule has 1 heterocycles. The predicted octanol–water partition coefficient (Wildman–Crippen LogP) is 0.324. The number of nitrogens with two attached hydrogens (primary N) is 1. The van der Waals surface area contributed by atoms with Crippen molar-refractivity contribution >= 4 is 5.91 Å². The fourth-order valence-corrected chi connectivity index (χ4v) is 1.93. The highest BCUT2D eigenvalue weighted by Gasteiger charge is 2.25. The third kappa shape index (κ3) is 3.80. The number of amides is 1. The summed E-state index contributed by atoms with van der Waals surface area (Å²) in [5.74, 6) is 0.115. The second kappa shape index (κ2) is 4.94. The van der Waals surface area contributed by atoms with Crippen molar-refractivity contribution in [2.24, 2.45) is 5.73 Å². The van der Waals surface area contributed by atoms with Gasteiger partial charge in [0.1, 0.15) is 0 Å². The van der Waals surface area contributed by atoms with Gasteiger partial charge in [-0.25, -0.2) is 0 Å². The van der Waals surface area contributed by atoms with E-state index in [4.69, 9.17) is 5.73 Å². The molecule has 1 amide bonds. The Hall–Kier alpha value is -0.610. The first-order chi connectivity index (χ1) is 6.94. The first-order valence-electron chi connectivity index (χ1n) is 5.66. The normalized spacial score (nSPS) is 23.1. The molecule has 1 aliphatic rings. The van der Waals surface area contributed by atoms with E-state index in [0.29, 0.717) is 19.0 Å². The number of carbonyl (C=O) groups is 1. The Morgan fingerprint density at radius 1 is 1.60 bits per heavy atom. The van der Waals surface area contributed by atoms with E-state index in [1.165, 1.54) is 6.42 Å². The van der Waals surface area contributed by atoms with Gasteiger partial charge in [0.2, 0.25) is 5.91 Å². The van der Waals surface area contributed by atoms with E-state index in [1.807, 2.05) is 13.8 Å². The zero-order valence-electron chi connectivity index (χ0n) is 10.0. The van der Waals surface area contributed by atoms with Gasteiger partial charge in [-0.3, -0.25) is 4.79 Å². The van der Waals surface area contributed by atoms with Crippen LogP contribution < -0.4 is 11.1 Å². The van der Waals surface area contributed by atoms with Crippen LogP contribution in [-0.2, 0) is 4.79 Å². The van der Waals surface area contributed by atoms with Crippen LogP contribution in [0.3, 0.4) is 0 Å². The average Bonchev–Trinajstić information content (AvgIpc) is 2.51. The van der Waals surface area contributed by atoms with E-state index in [0.717, 1.165) is 13.0 Å². The predicted molar refractivity (Wildman–Crippen MR) is 61.5 cm³/mol. The molecule has 1 unspecified atom stereocenters. The SMILES string of the molecule is CN1CCCC1CC(=O)NC(C)(C)CN. The highest BCUT2D eigenvalue weighted by molar-refractivity contribution is 5.77. The lowest BCUT2D eigenvalue weighted by atomic mass is 10.0. The molecule has 1 fully saturated rings. The standard InChI is InChI=1S/C11H23N3O/c1-11(2,8-12)13-10(15)7-9-5-4-6-14(9)3/h9H,4-8,12H2,1-3H3,(H,13,15). The van der Waals surface area contributed by atoms with Crippen molar-refractivity contribution in [3.8, 4) is 0 Å². The summed E-state index contributed by atoms with van der Waals surface area (Å²) in [7, 11) is 2.08. The second-order valence-electron chi connectivity index (χ2n) is 5.12. The zero-order valence-corrected chi connectivity index (χ0v) is 10.0. The van der Waals surface area contributed by atoms with Crippen molar-refractivity contribution in [1.82, 2.24) is 10.2 Å². The molecule has 0 radical (unpaired) electrons. The Morgan fingerprint density at radius 2 is 2.27 bits per heavy atom. The molecule has 0 bridgehead atoms. The minimum absolute atomic E-state index is 0.115. The van der Waals surface area contributed by atoms with Gasteiger partial charge in [0.15, 0.2) is 0 Å². The Morgan fingerprint density at radius 3 is 2.73 bits per heavy atom. The van der Waals surface area contributed by atoms with Gasteiger partial charge in [0.25, 0.3) is 0 Å². The Balaban J connectivity index is 2.36. The van der Waals surface area contributed by atoms with Crippen LogP contribution in [-0.4, -0.2) is 42.5 Å². The van der Waals surface area contributed by atoms with Crippen LogP contribution in [0.4, 0.5) is 0 Å². The van der Waals surface area contributed by atoms with Gasteiger partial charge < -0.3 is 16.0 Å². The van der Waals surface area contributed by atoms with E-state index in [2.05, 4.69) is 17.3 Å². The zero-order chi connectivity index (χ0) is 11.5. The van der Waals surface area contributed by atoms with Gasteiger partial charge in [0, 0.05) is 24.5 Å². The summed E-state index contributed by atoms with van der Waals surface area (Å²) in [6.45, 7) is 5.48. The maximum Gasteiger partial charge on any atom is 0.222 e. The topological polar surface area (TPSA) is 58.4 Å². The smallest absolute Gasteiger partial charge is 0.222 e. The van der Waals surface area contributed by atoms with Crippen LogP contribution in [0.25, 0.3) is 0 Å². The van der Waals surface area contributed by atoms with Gasteiger partial charge in [-0.05, 0) is 40.3 Å². The van der Waals surface area contributed by atoms with Crippen molar-refractivity contribution in [2.45, 2.75) is 44.7 Å². The van der Waals surface area contributed by atoms with Gasteiger partial charge in [-0.2, -0.15) is 0 Å². The average molecular weight is 213 g/mol. The lowest BCUT2D eigenvalue weighted by Gasteiger charge is -2.26. The van der Waals surface area contributed by atoms with Crippen molar-refractivity contribution in [3.63, 3.8) is 0 Å². The van der Waals surface area contributed by atoms with Crippen LogP contribution in [0, 0.1) is 0 Å². The van der Waals surface area contributed by atoms with Crippen LogP contribution >= 0.6 is 0 Å². The molecule has 0 aromatic heterocycles. The number of hydrogen-bond donors (Lipinski definition) is 2. The van der Waals surface area contributed by atoms with E-state index in [-0.39, 0.29) is 11.4 Å². The van der Waals surface area contributed by atoms with E-state index >= 15 is 0 Å². The molecule has 0 aromatic carbocycles.